The quantitative estimate of drug-likeness (QED) is 0.736. The Labute approximate surface area is 134 Å². The number of carbonyl (C=O) groups excluding carboxylic acids is 1. The lowest BCUT2D eigenvalue weighted by molar-refractivity contribution is -0.880. The summed E-state index contributed by atoms with van der Waals surface area (Å²) in [7, 11) is 2.21. The van der Waals surface area contributed by atoms with Crippen LogP contribution in [0.3, 0.4) is 0 Å². The molecule has 0 aliphatic carbocycles. The number of hydrogen-bond acceptors (Lipinski definition) is 2. The van der Waals surface area contributed by atoms with E-state index in [0.29, 0.717) is 6.61 Å². The van der Waals surface area contributed by atoms with Crippen molar-refractivity contribution in [3.05, 3.63) is 35.9 Å². The molecule has 2 N–H and O–H groups in total. The SMILES string of the molecule is CCCC[NH+](C)CCC(C)(C)NC(=O)OCc1ccccc1. The molecule has 4 heteroatoms. The van der Waals surface area contributed by atoms with Gasteiger partial charge in [0.15, 0.2) is 0 Å². The minimum absolute atomic E-state index is 0.249. The van der Waals surface area contributed by atoms with Crippen LogP contribution in [0.15, 0.2) is 30.3 Å². The number of quaternary nitrogens is 1. The minimum atomic E-state index is -0.347. The van der Waals surface area contributed by atoms with Gasteiger partial charge in [-0.3, -0.25) is 0 Å². The van der Waals surface area contributed by atoms with Crippen molar-refractivity contribution in [1.82, 2.24) is 5.32 Å². The van der Waals surface area contributed by atoms with Crippen LogP contribution in [0.1, 0.15) is 45.6 Å². The first-order valence-corrected chi connectivity index (χ1v) is 8.23. The van der Waals surface area contributed by atoms with Gasteiger partial charge in [0.25, 0.3) is 0 Å². The predicted octanol–water partition coefficient (Wildman–Crippen LogP) is 2.40. The number of amides is 1. The van der Waals surface area contributed by atoms with E-state index in [1.807, 2.05) is 44.2 Å². The largest absolute Gasteiger partial charge is 0.445 e. The molecule has 0 saturated heterocycles. The van der Waals surface area contributed by atoms with Gasteiger partial charge in [0, 0.05) is 12.0 Å². The van der Waals surface area contributed by atoms with Gasteiger partial charge in [0.05, 0.1) is 20.1 Å². The lowest BCUT2D eigenvalue weighted by Crippen LogP contribution is -3.09. The van der Waals surface area contributed by atoms with E-state index in [0.717, 1.165) is 18.5 Å². The number of nitrogens with one attached hydrogen (secondary N) is 2. The molecule has 1 aromatic rings. The van der Waals surface area contributed by atoms with E-state index < -0.39 is 0 Å². The molecule has 4 nitrogen and oxygen atoms in total. The Morgan fingerprint density at radius 2 is 1.91 bits per heavy atom. The van der Waals surface area contributed by atoms with Crippen LogP contribution in [-0.4, -0.2) is 31.8 Å². The highest BCUT2D eigenvalue weighted by atomic mass is 16.5. The normalized spacial score (nSPS) is 12.7. The monoisotopic (exact) mass is 307 g/mol. The van der Waals surface area contributed by atoms with Crippen LogP contribution < -0.4 is 10.2 Å². The molecule has 0 radical (unpaired) electrons. The third-order valence-corrected chi connectivity index (χ3v) is 3.79. The molecule has 1 unspecified atom stereocenters. The van der Waals surface area contributed by atoms with E-state index in [1.54, 1.807) is 0 Å². The number of ether oxygens (including phenoxy) is 1. The van der Waals surface area contributed by atoms with Crippen molar-refractivity contribution in [2.75, 3.05) is 20.1 Å². The molecule has 0 spiro atoms. The number of carbonyl (C=O) groups is 1. The topological polar surface area (TPSA) is 42.8 Å². The van der Waals surface area contributed by atoms with Crippen molar-refractivity contribution in [3.63, 3.8) is 0 Å². The van der Waals surface area contributed by atoms with Crippen molar-refractivity contribution < 1.29 is 14.4 Å². The van der Waals surface area contributed by atoms with Crippen molar-refractivity contribution >= 4 is 6.09 Å². The summed E-state index contributed by atoms with van der Waals surface area (Å²) >= 11 is 0. The summed E-state index contributed by atoms with van der Waals surface area (Å²) in [5.74, 6) is 0. The maximum absolute atomic E-state index is 11.9. The second-order valence-corrected chi connectivity index (χ2v) is 6.63. The van der Waals surface area contributed by atoms with Crippen molar-refractivity contribution in [1.29, 1.82) is 0 Å². The van der Waals surface area contributed by atoms with E-state index in [9.17, 15) is 4.79 Å². The van der Waals surface area contributed by atoms with Gasteiger partial charge in [-0.15, -0.1) is 0 Å². The van der Waals surface area contributed by atoms with Gasteiger partial charge >= 0.3 is 6.09 Å². The summed E-state index contributed by atoms with van der Waals surface area (Å²) in [6.07, 6.45) is 3.06. The van der Waals surface area contributed by atoms with Crippen LogP contribution in [0.4, 0.5) is 4.79 Å². The maximum Gasteiger partial charge on any atom is 0.407 e. The van der Waals surface area contributed by atoms with Crippen LogP contribution in [-0.2, 0) is 11.3 Å². The average molecular weight is 307 g/mol. The van der Waals surface area contributed by atoms with Gasteiger partial charge < -0.3 is 15.0 Å². The average Bonchev–Trinajstić information content (AvgIpc) is 2.49. The first kappa shape index (κ1) is 18.5. The number of rotatable bonds is 9. The Morgan fingerprint density at radius 3 is 2.55 bits per heavy atom. The molecule has 0 aliphatic rings. The number of benzene rings is 1. The summed E-state index contributed by atoms with van der Waals surface area (Å²) < 4.78 is 5.28. The van der Waals surface area contributed by atoms with Gasteiger partial charge in [-0.05, 0) is 25.8 Å². The Kier molecular flexibility index (Phi) is 7.96. The Morgan fingerprint density at radius 1 is 1.23 bits per heavy atom. The summed E-state index contributed by atoms with van der Waals surface area (Å²) in [5, 5.41) is 2.96. The molecule has 1 atom stereocenters. The summed E-state index contributed by atoms with van der Waals surface area (Å²) in [6, 6.07) is 9.73. The van der Waals surface area contributed by atoms with E-state index >= 15 is 0 Å². The van der Waals surface area contributed by atoms with Crippen LogP contribution in [0, 0.1) is 0 Å². The molecule has 22 heavy (non-hydrogen) atoms. The Hall–Kier alpha value is -1.55. The highest BCUT2D eigenvalue weighted by Crippen LogP contribution is 2.08. The molecule has 0 fully saturated rings. The third-order valence-electron chi connectivity index (χ3n) is 3.79. The van der Waals surface area contributed by atoms with Gasteiger partial charge in [-0.2, -0.15) is 0 Å². The highest BCUT2D eigenvalue weighted by Gasteiger charge is 2.22. The Bertz CT molecular complexity index is 432. The maximum atomic E-state index is 11.9. The highest BCUT2D eigenvalue weighted by molar-refractivity contribution is 5.68. The van der Waals surface area contributed by atoms with Crippen LogP contribution in [0.5, 0.6) is 0 Å². The zero-order valence-corrected chi connectivity index (χ0v) is 14.4. The molecule has 1 amide bonds. The predicted molar refractivity (Wildman–Crippen MR) is 90.0 cm³/mol. The number of hydrogen-bond donors (Lipinski definition) is 2. The standard InChI is InChI=1S/C18H30N2O2/c1-5-6-13-20(4)14-12-18(2,3)19-17(21)22-15-16-10-8-7-9-11-16/h7-11H,5-6,12-15H2,1-4H3,(H,19,21)/p+1. The van der Waals surface area contributed by atoms with Gasteiger partial charge in [-0.1, -0.05) is 43.7 Å². The molecule has 0 aliphatic heterocycles. The fourth-order valence-electron chi connectivity index (χ4n) is 2.23. The zero-order chi connectivity index (χ0) is 16.4. The minimum Gasteiger partial charge on any atom is -0.445 e. The molecule has 0 bridgehead atoms. The van der Waals surface area contributed by atoms with Gasteiger partial charge in [0.1, 0.15) is 6.61 Å². The fourth-order valence-corrected chi connectivity index (χ4v) is 2.23. The van der Waals surface area contributed by atoms with Gasteiger partial charge in [-0.25, -0.2) is 4.79 Å². The zero-order valence-electron chi connectivity index (χ0n) is 14.4. The summed E-state index contributed by atoms with van der Waals surface area (Å²) in [4.78, 5) is 13.4. The summed E-state index contributed by atoms with van der Waals surface area (Å²) in [6.45, 7) is 8.84. The lowest BCUT2D eigenvalue weighted by Gasteiger charge is -2.27. The van der Waals surface area contributed by atoms with E-state index in [2.05, 4.69) is 19.3 Å². The van der Waals surface area contributed by atoms with E-state index in [-0.39, 0.29) is 11.6 Å². The molecule has 0 saturated carbocycles. The van der Waals surface area contributed by atoms with Crippen molar-refractivity contribution in [2.45, 2.75) is 52.2 Å². The molecule has 1 rings (SSSR count). The van der Waals surface area contributed by atoms with Crippen LogP contribution in [0.25, 0.3) is 0 Å². The first-order chi connectivity index (χ1) is 10.4. The molecule has 0 aromatic heterocycles. The second kappa shape index (κ2) is 9.46. The number of alkyl carbamates (subject to hydrolysis) is 1. The van der Waals surface area contributed by atoms with Crippen molar-refractivity contribution in [3.8, 4) is 0 Å². The number of unbranched alkanes of at least 4 members (excludes halogenated alkanes) is 1. The van der Waals surface area contributed by atoms with Crippen LogP contribution in [0.2, 0.25) is 0 Å². The lowest BCUT2D eigenvalue weighted by atomic mass is 10.0. The molecule has 1 aromatic carbocycles. The molecular formula is C18H31N2O2+. The fraction of sp³-hybridized carbons (Fsp3) is 0.611. The van der Waals surface area contributed by atoms with Crippen molar-refractivity contribution in [2.24, 2.45) is 0 Å². The molecular weight excluding hydrogens is 276 g/mol. The van der Waals surface area contributed by atoms with E-state index in [1.165, 1.54) is 24.3 Å². The first-order valence-electron chi connectivity index (χ1n) is 8.23. The van der Waals surface area contributed by atoms with E-state index in [4.69, 9.17) is 4.74 Å². The smallest absolute Gasteiger partial charge is 0.407 e. The molecule has 0 heterocycles. The summed E-state index contributed by atoms with van der Waals surface area (Å²) in [5.41, 5.74) is 0.750. The Balaban J connectivity index is 2.29. The second-order valence-electron chi connectivity index (χ2n) is 6.63. The van der Waals surface area contributed by atoms with Crippen LogP contribution >= 0.6 is 0 Å². The molecule has 124 valence electrons. The third kappa shape index (κ3) is 8.03. The van der Waals surface area contributed by atoms with Gasteiger partial charge in [0.2, 0.25) is 0 Å².